The molecule has 2 aromatic heterocycles. The molecule has 0 saturated heterocycles. The van der Waals surface area contributed by atoms with Crippen LogP contribution in [0.1, 0.15) is 45.3 Å². The van der Waals surface area contributed by atoms with E-state index in [0.29, 0.717) is 10.8 Å². The van der Waals surface area contributed by atoms with Crippen LogP contribution in [0.15, 0.2) is 24.4 Å². The molecule has 0 radical (unpaired) electrons. The van der Waals surface area contributed by atoms with Crippen LogP contribution in [-0.2, 0) is 0 Å². The maximum atomic E-state index is 11.4. The number of hydrogen-bond acceptors (Lipinski definition) is 3. The van der Waals surface area contributed by atoms with Crippen molar-refractivity contribution < 1.29 is 9.90 Å². The van der Waals surface area contributed by atoms with Gasteiger partial charge in [0.05, 0.1) is 11.4 Å². The molecule has 4 rings (SSSR count). The number of benzene rings is 1. The van der Waals surface area contributed by atoms with Crippen molar-refractivity contribution in [3.8, 4) is 11.3 Å². The highest BCUT2D eigenvalue weighted by atomic mass is 32.1. The lowest BCUT2D eigenvalue weighted by molar-refractivity contribution is 0.0700. The van der Waals surface area contributed by atoms with Crippen LogP contribution in [0, 0.1) is 13.8 Å². The first-order valence-electron chi connectivity index (χ1n) is 7.37. The number of imidazole rings is 1. The van der Waals surface area contributed by atoms with E-state index >= 15 is 0 Å². The second-order valence-corrected chi connectivity index (χ2v) is 6.97. The van der Waals surface area contributed by atoms with Gasteiger partial charge in [-0.1, -0.05) is 35.1 Å². The standard InChI is InChI=1S/C17H16N2O2S/c1-9-3-6-12(10(2)7-9)13-8-19-14(11-4-5-11)15(16(20)21)22-17(19)18-13/h3,6-8,11H,4-5H2,1-2H3,(H,20,21). The summed E-state index contributed by atoms with van der Waals surface area (Å²) < 4.78 is 1.99. The summed E-state index contributed by atoms with van der Waals surface area (Å²) in [6, 6.07) is 6.32. The van der Waals surface area contributed by atoms with Gasteiger partial charge in [0.2, 0.25) is 0 Å². The highest BCUT2D eigenvalue weighted by Gasteiger charge is 2.33. The molecule has 1 saturated carbocycles. The van der Waals surface area contributed by atoms with E-state index in [2.05, 4.69) is 37.0 Å². The Kier molecular flexibility index (Phi) is 2.87. The number of aromatic carboxylic acids is 1. The van der Waals surface area contributed by atoms with Crippen molar-refractivity contribution in [1.82, 2.24) is 9.38 Å². The number of aromatic nitrogens is 2. The predicted molar refractivity (Wildman–Crippen MR) is 86.9 cm³/mol. The maximum Gasteiger partial charge on any atom is 0.347 e. The van der Waals surface area contributed by atoms with Crippen molar-refractivity contribution in [2.45, 2.75) is 32.6 Å². The molecule has 0 aliphatic heterocycles. The van der Waals surface area contributed by atoms with Gasteiger partial charge in [-0.25, -0.2) is 9.78 Å². The molecule has 1 fully saturated rings. The van der Waals surface area contributed by atoms with Crippen molar-refractivity contribution in [3.05, 3.63) is 46.1 Å². The second-order valence-electron chi connectivity index (χ2n) is 5.99. The number of carboxylic acid groups (broad SMARTS) is 1. The summed E-state index contributed by atoms with van der Waals surface area (Å²) in [4.78, 5) is 17.3. The van der Waals surface area contributed by atoms with E-state index in [0.717, 1.165) is 34.8 Å². The van der Waals surface area contributed by atoms with E-state index < -0.39 is 5.97 Å². The average Bonchev–Trinajstić information content (AvgIpc) is 3.09. The molecule has 3 aromatic rings. The number of nitrogens with zero attached hydrogens (tertiary/aromatic N) is 2. The molecule has 2 heterocycles. The number of rotatable bonds is 3. The third-order valence-electron chi connectivity index (χ3n) is 4.18. The Labute approximate surface area is 132 Å². The summed E-state index contributed by atoms with van der Waals surface area (Å²) in [7, 11) is 0. The van der Waals surface area contributed by atoms with Crippen LogP contribution in [0.5, 0.6) is 0 Å². The topological polar surface area (TPSA) is 54.6 Å². The summed E-state index contributed by atoms with van der Waals surface area (Å²) in [5, 5.41) is 9.39. The largest absolute Gasteiger partial charge is 0.477 e. The molecule has 1 N–H and O–H groups in total. The summed E-state index contributed by atoms with van der Waals surface area (Å²) in [6.45, 7) is 4.16. The van der Waals surface area contributed by atoms with Crippen molar-refractivity contribution in [3.63, 3.8) is 0 Å². The van der Waals surface area contributed by atoms with Gasteiger partial charge in [-0.05, 0) is 32.3 Å². The predicted octanol–water partition coefficient (Wildman–Crippen LogP) is 4.26. The van der Waals surface area contributed by atoms with Gasteiger partial charge in [0, 0.05) is 17.7 Å². The molecule has 0 unspecified atom stereocenters. The lowest BCUT2D eigenvalue weighted by atomic mass is 10.0. The Morgan fingerprint density at radius 1 is 1.36 bits per heavy atom. The van der Waals surface area contributed by atoms with Crippen LogP contribution in [0.2, 0.25) is 0 Å². The highest BCUT2D eigenvalue weighted by Crippen LogP contribution is 2.44. The lowest BCUT2D eigenvalue weighted by Gasteiger charge is -2.03. The minimum absolute atomic E-state index is 0.376. The summed E-state index contributed by atoms with van der Waals surface area (Å²) in [5.74, 6) is -0.466. The Balaban J connectivity index is 1.89. The number of carboxylic acids is 1. The van der Waals surface area contributed by atoms with Crippen LogP contribution < -0.4 is 0 Å². The van der Waals surface area contributed by atoms with E-state index in [9.17, 15) is 9.90 Å². The number of hydrogen-bond donors (Lipinski definition) is 1. The Morgan fingerprint density at radius 3 is 2.77 bits per heavy atom. The third-order valence-corrected chi connectivity index (χ3v) is 5.23. The molecular weight excluding hydrogens is 296 g/mol. The van der Waals surface area contributed by atoms with Crippen molar-refractivity contribution in [2.24, 2.45) is 0 Å². The smallest absolute Gasteiger partial charge is 0.347 e. The Bertz CT molecular complexity index is 903. The number of carbonyl (C=O) groups is 1. The van der Waals surface area contributed by atoms with Crippen molar-refractivity contribution in [1.29, 1.82) is 0 Å². The maximum absolute atomic E-state index is 11.4. The first-order valence-corrected chi connectivity index (χ1v) is 8.19. The molecular formula is C17H16N2O2S. The molecule has 0 spiro atoms. The van der Waals surface area contributed by atoms with Gasteiger partial charge < -0.3 is 5.11 Å². The molecule has 0 amide bonds. The molecule has 0 bridgehead atoms. The summed E-state index contributed by atoms with van der Waals surface area (Å²) in [6.07, 6.45) is 4.13. The van der Waals surface area contributed by atoms with Crippen LogP contribution in [0.4, 0.5) is 0 Å². The minimum Gasteiger partial charge on any atom is -0.477 e. The van der Waals surface area contributed by atoms with Gasteiger partial charge in [-0.3, -0.25) is 4.40 Å². The first kappa shape index (κ1) is 13.5. The molecule has 112 valence electrons. The zero-order chi connectivity index (χ0) is 15.4. The van der Waals surface area contributed by atoms with Crippen LogP contribution in [0.3, 0.4) is 0 Å². The van der Waals surface area contributed by atoms with Gasteiger partial charge in [0.15, 0.2) is 4.96 Å². The fourth-order valence-electron chi connectivity index (χ4n) is 2.98. The van der Waals surface area contributed by atoms with Gasteiger partial charge in [-0.2, -0.15) is 0 Å². The molecule has 22 heavy (non-hydrogen) atoms. The van der Waals surface area contributed by atoms with E-state index in [1.807, 2.05) is 10.6 Å². The van der Waals surface area contributed by atoms with Gasteiger partial charge >= 0.3 is 5.97 Å². The lowest BCUT2D eigenvalue weighted by Crippen LogP contribution is -1.99. The molecule has 1 aliphatic rings. The highest BCUT2D eigenvalue weighted by molar-refractivity contribution is 7.19. The monoisotopic (exact) mass is 312 g/mol. The van der Waals surface area contributed by atoms with E-state index in [-0.39, 0.29) is 0 Å². The Hall–Kier alpha value is -2.14. The Morgan fingerprint density at radius 2 is 2.14 bits per heavy atom. The third kappa shape index (κ3) is 2.04. The molecule has 5 heteroatoms. The zero-order valence-electron chi connectivity index (χ0n) is 12.5. The van der Waals surface area contributed by atoms with Crippen molar-refractivity contribution in [2.75, 3.05) is 0 Å². The molecule has 1 aromatic carbocycles. The van der Waals surface area contributed by atoms with E-state index in [1.54, 1.807) is 0 Å². The fourth-order valence-corrected chi connectivity index (χ4v) is 4.02. The van der Waals surface area contributed by atoms with Gasteiger partial charge in [0.1, 0.15) is 4.88 Å². The van der Waals surface area contributed by atoms with Gasteiger partial charge in [0.25, 0.3) is 0 Å². The van der Waals surface area contributed by atoms with Crippen LogP contribution in [0.25, 0.3) is 16.2 Å². The van der Waals surface area contributed by atoms with Gasteiger partial charge in [-0.15, -0.1) is 0 Å². The number of thiazole rings is 1. The molecule has 1 aliphatic carbocycles. The molecule has 4 nitrogen and oxygen atoms in total. The quantitative estimate of drug-likeness (QED) is 0.786. The van der Waals surface area contributed by atoms with Crippen LogP contribution >= 0.6 is 11.3 Å². The fraction of sp³-hybridized carbons (Fsp3) is 0.294. The van der Waals surface area contributed by atoms with E-state index in [1.165, 1.54) is 22.5 Å². The van der Waals surface area contributed by atoms with Crippen LogP contribution in [-0.4, -0.2) is 20.5 Å². The van der Waals surface area contributed by atoms with E-state index in [4.69, 9.17) is 0 Å². The summed E-state index contributed by atoms with van der Waals surface area (Å²) >= 11 is 1.28. The number of fused-ring (bicyclic) bond motifs is 1. The normalized spacial score (nSPS) is 14.6. The molecule has 0 atom stereocenters. The van der Waals surface area contributed by atoms with Crippen molar-refractivity contribution >= 4 is 22.3 Å². The zero-order valence-corrected chi connectivity index (χ0v) is 13.3. The SMILES string of the molecule is Cc1ccc(-c2cn3c(C4CC4)c(C(=O)O)sc3n2)c(C)c1. The summed E-state index contributed by atoms with van der Waals surface area (Å²) in [5.41, 5.74) is 5.38. The second kappa shape index (κ2) is 4.68. The first-order chi connectivity index (χ1) is 10.5. The average molecular weight is 312 g/mol. The number of aryl methyl sites for hydroxylation is 2. The minimum atomic E-state index is -0.842.